The first-order chi connectivity index (χ1) is 14.5. The highest BCUT2D eigenvalue weighted by molar-refractivity contribution is 6.31. The summed E-state index contributed by atoms with van der Waals surface area (Å²) in [6.07, 6.45) is 3.35. The number of pyridine rings is 2. The van der Waals surface area contributed by atoms with Crippen LogP contribution in [0.2, 0.25) is 10.0 Å². The molecule has 0 aliphatic carbocycles. The van der Waals surface area contributed by atoms with Crippen LogP contribution in [0.15, 0.2) is 48.8 Å². The third-order valence-electron chi connectivity index (χ3n) is 4.12. The molecule has 4 heterocycles. The van der Waals surface area contributed by atoms with E-state index in [0.29, 0.717) is 10.0 Å². The van der Waals surface area contributed by atoms with Gasteiger partial charge in [-0.15, -0.1) is 0 Å². The summed E-state index contributed by atoms with van der Waals surface area (Å²) >= 11 is 11.9. The molecule has 4 aromatic rings. The zero-order valence-electron chi connectivity index (χ0n) is 15.4. The number of carbonyl (C=O) groups is 2. The molecule has 0 aliphatic rings. The largest absolute Gasteiger partial charge is 0.340 e. The van der Waals surface area contributed by atoms with Crippen LogP contribution in [0.4, 0.5) is 0 Å². The highest BCUT2D eigenvalue weighted by Gasteiger charge is 2.11. The summed E-state index contributed by atoms with van der Waals surface area (Å²) in [5.74, 6) is 4.85. The summed E-state index contributed by atoms with van der Waals surface area (Å²) < 4.78 is 3.13. The van der Waals surface area contributed by atoms with Crippen LogP contribution in [0.3, 0.4) is 0 Å². The van der Waals surface area contributed by atoms with Crippen LogP contribution in [0.1, 0.15) is 21.0 Å². The van der Waals surface area contributed by atoms with Crippen molar-refractivity contribution in [3.05, 3.63) is 70.2 Å². The second-order valence-electron chi connectivity index (χ2n) is 6.21. The molecule has 0 spiro atoms. The van der Waals surface area contributed by atoms with E-state index in [1.54, 1.807) is 57.8 Å². The van der Waals surface area contributed by atoms with E-state index in [1.165, 1.54) is 0 Å². The predicted octanol–water partition coefficient (Wildman–Crippen LogP) is 2.45. The first kappa shape index (κ1) is 19.8. The molecule has 0 aliphatic heterocycles. The SMILES string of the molecule is O=C(NCC#CCNC(=O)c1cc2cc(Cl)ccn2n1)c1cc2cc(Cl)ccn2n1. The molecule has 150 valence electrons. The van der Waals surface area contributed by atoms with Gasteiger partial charge in [0.05, 0.1) is 24.1 Å². The molecule has 0 radical (unpaired) electrons. The third kappa shape index (κ3) is 4.38. The Bertz CT molecular complexity index is 1230. The van der Waals surface area contributed by atoms with Gasteiger partial charge in [0.25, 0.3) is 11.8 Å². The lowest BCUT2D eigenvalue weighted by Crippen LogP contribution is -2.25. The summed E-state index contributed by atoms with van der Waals surface area (Å²) in [5.41, 5.74) is 1.96. The lowest BCUT2D eigenvalue weighted by molar-refractivity contribution is 0.0944. The van der Waals surface area contributed by atoms with Crippen LogP contribution < -0.4 is 10.6 Å². The van der Waals surface area contributed by atoms with Crippen molar-refractivity contribution in [1.29, 1.82) is 0 Å². The Hall–Kier alpha value is -3.54. The van der Waals surface area contributed by atoms with E-state index < -0.39 is 0 Å². The summed E-state index contributed by atoms with van der Waals surface area (Å²) in [6.45, 7) is 0.242. The van der Waals surface area contributed by atoms with E-state index in [0.717, 1.165) is 11.0 Å². The average Bonchev–Trinajstić information content (AvgIpc) is 3.33. The zero-order chi connectivity index (χ0) is 21.1. The van der Waals surface area contributed by atoms with Gasteiger partial charge in [-0.25, -0.2) is 9.03 Å². The molecule has 0 fully saturated rings. The number of amides is 2. The summed E-state index contributed by atoms with van der Waals surface area (Å²) in [5, 5.41) is 14.8. The molecule has 0 unspecified atom stereocenters. The summed E-state index contributed by atoms with van der Waals surface area (Å²) in [7, 11) is 0. The summed E-state index contributed by atoms with van der Waals surface area (Å²) in [6, 6.07) is 10.1. The van der Waals surface area contributed by atoms with E-state index >= 15 is 0 Å². The zero-order valence-corrected chi connectivity index (χ0v) is 16.9. The molecule has 30 heavy (non-hydrogen) atoms. The molecule has 10 heteroatoms. The van der Waals surface area contributed by atoms with Gasteiger partial charge in [0.15, 0.2) is 11.4 Å². The first-order valence-electron chi connectivity index (χ1n) is 8.81. The molecule has 0 aromatic carbocycles. The van der Waals surface area contributed by atoms with Gasteiger partial charge < -0.3 is 10.6 Å². The van der Waals surface area contributed by atoms with Crippen molar-refractivity contribution >= 4 is 46.0 Å². The van der Waals surface area contributed by atoms with Gasteiger partial charge in [-0.2, -0.15) is 10.2 Å². The van der Waals surface area contributed by atoms with E-state index in [2.05, 4.69) is 32.7 Å². The van der Waals surface area contributed by atoms with Gasteiger partial charge in [-0.3, -0.25) is 9.59 Å². The maximum Gasteiger partial charge on any atom is 0.272 e. The number of aromatic nitrogens is 4. The van der Waals surface area contributed by atoms with Crippen molar-refractivity contribution in [2.45, 2.75) is 0 Å². The second kappa shape index (κ2) is 8.45. The van der Waals surface area contributed by atoms with E-state index in [4.69, 9.17) is 23.2 Å². The van der Waals surface area contributed by atoms with Gasteiger partial charge in [-0.05, 0) is 36.4 Å². The van der Waals surface area contributed by atoms with Crippen molar-refractivity contribution in [1.82, 2.24) is 29.9 Å². The average molecular weight is 441 g/mol. The monoisotopic (exact) mass is 440 g/mol. The van der Waals surface area contributed by atoms with E-state index in [-0.39, 0.29) is 36.3 Å². The fourth-order valence-corrected chi connectivity index (χ4v) is 3.05. The first-order valence-corrected chi connectivity index (χ1v) is 9.57. The Labute approximate surface area is 180 Å². The normalized spacial score (nSPS) is 10.6. The van der Waals surface area contributed by atoms with Crippen LogP contribution in [0, 0.1) is 11.8 Å². The van der Waals surface area contributed by atoms with Crippen LogP contribution >= 0.6 is 23.2 Å². The van der Waals surface area contributed by atoms with Crippen molar-refractivity contribution in [2.24, 2.45) is 0 Å². The fraction of sp³-hybridized carbons (Fsp3) is 0.100. The minimum atomic E-state index is -0.350. The molecule has 0 bridgehead atoms. The quantitative estimate of drug-likeness (QED) is 0.476. The molecule has 2 N–H and O–H groups in total. The minimum absolute atomic E-state index is 0.121. The van der Waals surface area contributed by atoms with Crippen LogP contribution in [0.25, 0.3) is 11.0 Å². The number of nitrogens with zero attached hydrogens (tertiary/aromatic N) is 4. The smallest absolute Gasteiger partial charge is 0.272 e. The van der Waals surface area contributed by atoms with Gasteiger partial charge >= 0.3 is 0 Å². The lowest BCUT2D eigenvalue weighted by atomic mass is 10.3. The lowest BCUT2D eigenvalue weighted by Gasteiger charge is -1.97. The van der Waals surface area contributed by atoms with Crippen LogP contribution in [-0.2, 0) is 0 Å². The van der Waals surface area contributed by atoms with E-state index in [9.17, 15) is 9.59 Å². The Kier molecular flexibility index (Phi) is 5.57. The molecule has 2 amide bonds. The molecule has 4 rings (SSSR count). The van der Waals surface area contributed by atoms with Crippen molar-refractivity contribution in [2.75, 3.05) is 13.1 Å². The maximum atomic E-state index is 12.2. The molecule has 0 saturated heterocycles. The third-order valence-corrected chi connectivity index (χ3v) is 4.59. The Morgan fingerprint density at radius 3 is 1.67 bits per heavy atom. The molecular formula is C20H14Cl2N6O2. The Morgan fingerprint density at radius 1 is 0.800 bits per heavy atom. The van der Waals surface area contributed by atoms with Crippen LogP contribution in [0.5, 0.6) is 0 Å². The molecule has 8 nitrogen and oxygen atoms in total. The Morgan fingerprint density at radius 2 is 1.23 bits per heavy atom. The van der Waals surface area contributed by atoms with Gasteiger partial charge in [0, 0.05) is 22.4 Å². The highest BCUT2D eigenvalue weighted by atomic mass is 35.5. The van der Waals surface area contributed by atoms with Crippen LogP contribution in [-0.4, -0.2) is 44.1 Å². The minimum Gasteiger partial charge on any atom is -0.340 e. The van der Waals surface area contributed by atoms with Gasteiger partial charge in [0.1, 0.15) is 0 Å². The molecule has 0 atom stereocenters. The maximum absolute atomic E-state index is 12.2. The molecule has 4 aromatic heterocycles. The van der Waals surface area contributed by atoms with E-state index in [1.807, 2.05) is 0 Å². The number of halogens is 2. The number of hydrogen-bond donors (Lipinski definition) is 2. The number of carbonyl (C=O) groups excluding carboxylic acids is 2. The van der Waals surface area contributed by atoms with Gasteiger partial charge in [0.2, 0.25) is 0 Å². The molecule has 0 saturated carbocycles. The van der Waals surface area contributed by atoms with Crippen molar-refractivity contribution < 1.29 is 9.59 Å². The summed E-state index contributed by atoms with van der Waals surface area (Å²) in [4.78, 5) is 24.3. The van der Waals surface area contributed by atoms with Crippen molar-refractivity contribution in [3.8, 4) is 11.8 Å². The Balaban J connectivity index is 1.27. The standard InChI is InChI=1S/C20H14Cl2N6O2/c21-13-3-7-27-15(9-13)11-17(25-27)19(29)23-5-1-2-6-24-20(30)18-12-16-10-14(22)4-8-28(16)26-18/h3-4,7-12H,5-6H2,(H,23,29)(H,24,30). The van der Waals surface area contributed by atoms with Gasteiger partial charge in [-0.1, -0.05) is 35.0 Å². The molecular weight excluding hydrogens is 427 g/mol. The highest BCUT2D eigenvalue weighted by Crippen LogP contribution is 2.14. The second-order valence-corrected chi connectivity index (χ2v) is 7.08. The fourth-order valence-electron chi connectivity index (χ4n) is 2.71. The number of nitrogens with one attached hydrogen (secondary N) is 2. The topological polar surface area (TPSA) is 92.8 Å². The number of rotatable bonds is 4. The number of fused-ring (bicyclic) bond motifs is 2. The number of hydrogen-bond acceptors (Lipinski definition) is 4. The van der Waals surface area contributed by atoms with Crippen molar-refractivity contribution in [3.63, 3.8) is 0 Å². The predicted molar refractivity (Wildman–Crippen MR) is 113 cm³/mol.